The predicted molar refractivity (Wildman–Crippen MR) is 54.3 cm³/mol. The summed E-state index contributed by atoms with van der Waals surface area (Å²) in [6.07, 6.45) is 7.28. The zero-order valence-electron chi connectivity index (χ0n) is 8.82. The Bertz CT molecular complexity index is 417. The summed E-state index contributed by atoms with van der Waals surface area (Å²) in [4.78, 5) is 0. The molecular weight excluding hydrogens is 206 g/mol. The molecule has 7 heteroatoms. The van der Waals surface area contributed by atoms with E-state index >= 15 is 0 Å². The van der Waals surface area contributed by atoms with Crippen molar-refractivity contribution in [1.29, 1.82) is 0 Å². The molecule has 0 aromatic carbocycles. The molecule has 16 heavy (non-hydrogen) atoms. The highest BCUT2D eigenvalue weighted by Gasteiger charge is 2.30. The largest absolute Gasteiger partial charge is 0.232 e. The van der Waals surface area contributed by atoms with Gasteiger partial charge in [-0.1, -0.05) is 6.42 Å². The van der Waals surface area contributed by atoms with E-state index in [0.717, 1.165) is 12.2 Å². The predicted octanol–water partition coefficient (Wildman–Crippen LogP) is 0.375. The molecule has 2 heterocycles. The minimum absolute atomic E-state index is 0.371. The van der Waals surface area contributed by atoms with E-state index in [1.54, 1.807) is 17.2 Å². The Balaban J connectivity index is 1.79. The lowest BCUT2D eigenvalue weighted by atomic mass is 9.74. The standard InChI is InChI=1S/C9H13N7/c1-2-7(3-1)8(9-4-10-13-12-9)5-16-6-11-14-15-16/h4,6-8H,1-3,5H2,(H,10,12,13). The van der Waals surface area contributed by atoms with E-state index in [9.17, 15) is 0 Å². The van der Waals surface area contributed by atoms with Gasteiger partial charge in [0.05, 0.1) is 18.4 Å². The van der Waals surface area contributed by atoms with Crippen molar-refractivity contribution in [2.24, 2.45) is 5.92 Å². The van der Waals surface area contributed by atoms with E-state index in [4.69, 9.17) is 0 Å². The first-order chi connectivity index (χ1) is 7.93. The summed E-state index contributed by atoms with van der Waals surface area (Å²) in [6, 6.07) is 0. The molecule has 0 spiro atoms. The van der Waals surface area contributed by atoms with Crippen molar-refractivity contribution in [3.63, 3.8) is 0 Å². The maximum Gasteiger partial charge on any atom is 0.138 e. The highest BCUT2D eigenvalue weighted by molar-refractivity contribution is 5.04. The number of tetrazole rings is 1. The second kappa shape index (κ2) is 3.99. The van der Waals surface area contributed by atoms with Crippen LogP contribution in [0.4, 0.5) is 0 Å². The lowest BCUT2D eigenvalue weighted by Crippen LogP contribution is -2.25. The fourth-order valence-electron chi connectivity index (χ4n) is 2.18. The molecule has 1 atom stereocenters. The summed E-state index contributed by atoms with van der Waals surface area (Å²) in [6.45, 7) is 0.782. The van der Waals surface area contributed by atoms with E-state index < -0.39 is 0 Å². The van der Waals surface area contributed by atoms with Gasteiger partial charge in [-0.15, -0.1) is 5.10 Å². The van der Waals surface area contributed by atoms with Gasteiger partial charge in [0.25, 0.3) is 0 Å². The Labute approximate surface area is 92.2 Å². The van der Waals surface area contributed by atoms with Crippen molar-refractivity contribution in [3.05, 3.63) is 18.2 Å². The molecule has 1 N–H and O–H groups in total. The zero-order chi connectivity index (χ0) is 10.8. The SMILES string of the molecule is c1n[nH]nc1C(Cn1cnnn1)C1CCC1. The third-order valence-corrected chi connectivity index (χ3v) is 3.31. The summed E-state index contributed by atoms with van der Waals surface area (Å²) in [7, 11) is 0. The Morgan fingerprint density at radius 3 is 3.00 bits per heavy atom. The van der Waals surface area contributed by atoms with Crippen LogP contribution in [0, 0.1) is 5.92 Å². The number of hydrogen-bond donors (Lipinski definition) is 1. The first kappa shape index (κ1) is 9.44. The van der Waals surface area contributed by atoms with Crippen molar-refractivity contribution >= 4 is 0 Å². The third-order valence-electron chi connectivity index (χ3n) is 3.31. The highest BCUT2D eigenvalue weighted by Crippen LogP contribution is 2.39. The first-order valence-electron chi connectivity index (χ1n) is 5.50. The summed E-state index contributed by atoms with van der Waals surface area (Å²) in [5, 5.41) is 21.9. The molecule has 2 aromatic rings. The Morgan fingerprint density at radius 2 is 2.44 bits per heavy atom. The molecule has 1 fully saturated rings. The lowest BCUT2D eigenvalue weighted by Gasteiger charge is -2.32. The maximum absolute atomic E-state index is 4.18. The molecule has 2 aromatic heterocycles. The summed E-state index contributed by atoms with van der Waals surface area (Å²) >= 11 is 0. The number of nitrogens with one attached hydrogen (secondary N) is 1. The lowest BCUT2D eigenvalue weighted by molar-refractivity contribution is 0.233. The van der Waals surface area contributed by atoms with Gasteiger partial charge in [-0.25, -0.2) is 4.68 Å². The number of hydrogen-bond acceptors (Lipinski definition) is 5. The van der Waals surface area contributed by atoms with Crippen LogP contribution in [-0.4, -0.2) is 35.6 Å². The second-order valence-corrected chi connectivity index (χ2v) is 4.22. The van der Waals surface area contributed by atoms with E-state index in [0.29, 0.717) is 11.8 Å². The molecule has 1 aliphatic carbocycles. The van der Waals surface area contributed by atoms with Gasteiger partial charge < -0.3 is 0 Å². The molecule has 0 radical (unpaired) electrons. The highest BCUT2D eigenvalue weighted by atomic mass is 15.5. The molecule has 0 bridgehead atoms. The summed E-state index contributed by atoms with van der Waals surface area (Å²) < 4.78 is 1.76. The molecule has 7 nitrogen and oxygen atoms in total. The van der Waals surface area contributed by atoms with Gasteiger partial charge in [0.1, 0.15) is 6.33 Å². The number of nitrogens with zero attached hydrogens (tertiary/aromatic N) is 6. The summed E-state index contributed by atoms with van der Waals surface area (Å²) in [5.74, 6) is 1.06. The van der Waals surface area contributed by atoms with E-state index in [-0.39, 0.29) is 0 Å². The number of aromatic amines is 1. The average molecular weight is 219 g/mol. The van der Waals surface area contributed by atoms with Crippen molar-refractivity contribution in [2.45, 2.75) is 31.7 Å². The third kappa shape index (κ3) is 1.68. The van der Waals surface area contributed by atoms with Crippen LogP contribution in [0.5, 0.6) is 0 Å². The maximum atomic E-state index is 4.18. The van der Waals surface area contributed by atoms with Crippen molar-refractivity contribution in [3.8, 4) is 0 Å². The normalized spacial score (nSPS) is 18.2. The van der Waals surface area contributed by atoms with Crippen molar-refractivity contribution in [2.75, 3.05) is 0 Å². The number of aromatic nitrogens is 7. The Morgan fingerprint density at radius 1 is 1.50 bits per heavy atom. The molecule has 84 valence electrons. The topological polar surface area (TPSA) is 85.2 Å². The second-order valence-electron chi connectivity index (χ2n) is 4.22. The van der Waals surface area contributed by atoms with Crippen molar-refractivity contribution < 1.29 is 0 Å². The fourth-order valence-corrected chi connectivity index (χ4v) is 2.18. The number of rotatable bonds is 4. The molecule has 1 saturated carbocycles. The van der Waals surface area contributed by atoms with Crippen LogP contribution in [0.1, 0.15) is 30.9 Å². The molecule has 3 rings (SSSR count). The quantitative estimate of drug-likeness (QED) is 0.803. The van der Waals surface area contributed by atoms with Crippen LogP contribution in [0.25, 0.3) is 0 Å². The molecule has 1 aliphatic rings. The minimum Gasteiger partial charge on any atom is -0.232 e. The van der Waals surface area contributed by atoms with Gasteiger partial charge in [-0.2, -0.15) is 15.4 Å². The molecule has 1 unspecified atom stereocenters. The smallest absolute Gasteiger partial charge is 0.138 e. The van der Waals surface area contributed by atoms with Crippen LogP contribution in [0.15, 0.2) is 12.5 Å². The van der Waals surface area contributed by atoms with E-state index in [1.165, 1.54) is 19.3 Å². The Kier molecular flexibility index (Phi) is 2.35. The van der Waals surface area contributed by atoms with Gasteiger partial charge in [-0.05, 0) is 29.2 Å². The van der Waals surface area contributed by atoms with Crippen LogP contribution < -0.4 is 0 Å². The van der Waals surface area contributed by atoms with Crippen molar-refractivity contribution in [1.82, 2.24) is 35.6 Å². The zero-order valence-corrected chi connectivity index (χ0v) is 8.82. The van der Waals surface area contributed by atoms with Crippen LogP contribution in [0.3, 0.4) is 0 Å². The molecule has 0 aliphatic heterocycles. The number of H-pyrrole nitrogens is 1. The van der Waals surface area contributed by atoms with Crippen LogP contribution >= 0.6 is 0 Å². The van der Waals surface area contributed by atoms with E-state index in [1.807, 2.05) is 0 Å². The van der Waals surface area contributed by atoms with Gasteiger partial charge in [0.15, 0.2) is 0 Å². The van der Waals surface area contributed by atoms with Gasteiger partial charge in [0, 0.05) is 5.92 Å². The minimum atomic E-state index is 0.371. The fraction of sp³-hybridized carbons (Fsp3) is 0.667. The van der Waals surface area contributed by atoms with Crippen LogP contribution in [-0.2, 0) is 6.54 Å². The monoisotopic (exact) mass is 219 g/mol. The van der Waals surface area contributed by atoms with E-state index in [2.05, 4.69) is 30.9 Å². The first-order valence-corrected chi connectivity index (χ1v) is 5.50. The van der Waals surface area contributed by atoms with Gasteiger partial charge >= 0.3 is 0 Å². The molecule has 0 amide bonds. The van der Waals surface area contributed by atoms with Gasteiger partial charge in [-0.3, -0.25) is 0 Å². The van der Waals surface area contributed by atoms with Gasteiger partial charge in [0.2, 0.25) is 0 Å². The summed E-state index contributed by atoms with van der Waals surface area (Å²) in [5.41, 5.74) is 1.01. The molecular formula is C9H13N7. The van der Waals surface area contributed by atoms with Crippen LogP contribution in [0.2, 0.25) is 0 Å². The Hall–Kier alpha value is -1.79. The molecule has 0 saturated heterocycles. The average Bonchev–Trinajstić information content (AvgIpc) is 2.86.